The number of nitrogens with one attached hydrogen (secondary N) is 3. The molecule has 4 heteroatoms. The van der Waals surface area contributed by atoms with Crippen molar-refractivity contribution in [1.82, 2.24) is 10.3 Å². The van der Waals surface area contributed by atoms with Crippen molar-refractivity contribution in [3.05, 3.63) is 65.4 Å². The first-order chi connectivity index (χ1) is 10.3. The average Bonchev–Trinajstić information content (AvgIpc) is 3.14. The third-order valence-electron chi connectivity index (χ3n) is 3.91. The SMILES string of the molecule is O=C(Nc1ccc2[nH]ccc2c1)c1ccc2c(c1)CNC2. The lowest BCUT2D eigenvalue weighted by Gasteiger charge is -2.07. The standard InChI is InChI=1S/C17H15N3O/c21-17(12-1-2-13-9-18-10-14(13)7-12)20-15-3-4-16-11(8-15)5-6-19-16/h1-8,18-19H,9-10H2,(H,20,21). The van der Waals surface area contributed by atoms with Crippen LogP contribution < -0.4 is 10.6 Å². The van der Waals surface area contributed by atoms with Crippen molar-refractivity contribution in [2.24, 2.45) is 0 Å². The van der Waals surface area contributed by atoms with Gasteiger partial charge in [0.15, 0.2) is 0 Å². The summed E-state index contributed by atoms with van der Waals surface area (Å²) in [5.74, 6) is -0.0698. The molecule has 0 saturated carbocycles. The molecule has 0 aliphatic carbocycles. The Morgan fingerprint density at radius 1 is 1.00 bits per heavy atom. The van der Waals surface area contributed by atoms with E-state index in [1.165, 1.54) is 11.1 Å². The fraction of sp³-hybridized carbons (Fsp3) is 0.118. The molecular weight excluding hydrogens is 262 g/mol. The highest BCUT2D eigenvalue weighted by molar-refractivity contribution is 6.05. The van der Waals surface area contributed by atoms with Crippen LogP contribution in [0.5, 0.6) is 0 Å². The summed E-state index contributed by atoms with van der Waals surface area (Å²) in [6.45, 7) is 1.73. The van der Waals surface area contributed by atoms with Crippen molar-refractivity contribution in [2.45, 2.75) is 13.1 Å². The second-order valence-corrected chi connectivity index (χ2v) is 5.32. The molecule has 0 unspecified atom stereocenters. The zero-order valence-corrected chi connectivity index (χ0v) is 11.4. The van der Waals surface area contributed by atoms with Gasteiger partial charge in [-0.15, -0.1) is 0 Å². The van der Waals surface area contributed by atoms with Gasteiger partial charge in [0.2, 0.25) is 0 Å². The van der Waals surface area contributed by atoms with Crippen LogP contribution in [0.1, 0.15) is 21.5 Å². The molecule has 1 aliphatic heterocycles. The van der Waals surface area contributed by atoms with Crippen molar-refractivity contribution < 1.29 is 4.79 Å². The van der Waals surface area contributed by atoms with Crippen LogP contribution in [0.25, 0.3) is 10.9 Å². The van der Waals surface area contributed by atoms with Crippen molar-refractivity contribution >= 4 is 22.5 Å². The Labute approximate surface area is 122 Å². The summed E-state index contributed by atoms with van der Waals surface area (Å²) < 4.78 is 0. The predicted octanol–water partition coefficient (Wildman–Crippen LogP) is 3.02. The van der Waals surface area contributed by atoms with E-state index < -0.39 is 0 Å². The van der Waals surface area contributed by atoms with Gasteiger partial charge in [-0.05, 0) is 47.5 Å². The number of anilines is 1. The maximum Gasteiger partial charge on any atom is 0.255 e. The molecule has 0 spiro atoms. The zero-order valence-electron chi connectivity index (χ0n) is 11.4. The quantitative estimate of drug-likeness (QED) is 0.674. The van der Waals surface area contributed by atoms with E-state index in [0.717, 1.165) is 29.7 Å². The maximum atomic E-state index is 12.3. The van der Waals surface area contributed by atoms with Gasteiger partial charge >= 0.3 is 0 Å². The number of carbonyl (C=O) groups excluding carboxylic acids is 1. The third-order valence-corrected chi connectivity index (χ3v) is 3.91. The molecule has 104 valence electrons. The molecule has 21 heavy (non-hydrogen) atoms. The smallest absolute Gasteiger partial charge is 0.255 e. The first-order valence-electron chi connectivity index (χ1n) is 7.01. The Balaban J connectivity index is 1.59. The van der Waals surface area contributed by atoms with Gasteiger partial charge in [0, 0.05) is 41.4 Å². The molecule has 3 aromatic rings. The van der Waals surface area contributed by atoms with Gasteiger partial charge < -0.3 is 15.6 Å². The van der Waals surface area contributed by atoms with Crippen molar-refractivity contribution in [3.8, 4) is 0 Å². The van der Waals surface area contributed by atoms with Gasteiger partial charge in [-0.25, -0.2) is 0 Å². The van der Waals surface area contributed by atoms with Gasteiger partial charge in [-0.3, -0.25) is 4.79 Å². The van der Waals surface area contributed by atoms with E-state index in [0.29, 0.717) is 5.56 Å². The van der Waals surface area contributed by atoms with E-state index >= 15 is 0 Å². The van der Waals surface area contributed by atoms with Gasteiger partial charge in [-0.2, -0.15) is 0 Å². The molecule has 0 saturated heterocycles. The summed E-state index contributed by atoms with van der Waals surface area (Å²) in [7, 11) is 0. The van der Waals surface area contributed by atoms with Gasteiger partial charge in [0.05, 0.1) is 0 Å². The molecule has 4 rings (SSSR count). The van der Waals surface area contributed by atoms with Crippen LogP contribution in [0.4, 0.5) is 5.69 Å². The van der Waals surface area contributed by atoms with Crippen LogP contribution in [-0.4, -0.2) is 10.9 Å². The zero-order chi connectivity index (χ0) is 14.2. The van der Waals surface area contributed by atoms with Gasteiger partial charge in [-0.1, -0.05) is 6.07 Å². The molecule has 0 atom stereocenters. The fourth-order valence-electron chi connectivity index (χ4n) is 2.77. The average molecular weight is 277 g/mol. The number of aromatic nitrogens is 1. The summed E-state index contributed by atoms with van der Waals surface area (Å²) >= 11 is 0. The number of hydrogen-bond donors (Lipinski definition) is 3. The van der Waals surface area contributed by atoms with E-state index in [1.54, 1.807) is 0 Å². The van der Waals surface area contributed by atoms with Crippen molar-refractivity contribution in [3.63, 3.8) is 0 Å². The number of aromatic amines is 1. The van der Waals surface area contributed by atoms with E-state index in [1.807, 2.05) is 48.7 Å². The first kappa shape index (κ1) is 12.2. The number of H-pyrrole nitrogens is 1. The lowest BCUT2D eigenvalue weighted by molar-refractivity contribution is 0.102. The Morgan fingerprint density at radius 2 is 1.90 bits per heavy atom. The van der Waals surface area contributed by atoms with Crippen molar-refractivity contribution in [2.75, 3.05) is 5.32 Å². The highest BCUT2D eigenvalue weighted by Gasteiger charge is 2.13. The van der Waals surface area contributed by atoms with Crippen LogP contribution in [0.15, 0.2) is 48.7 Å². The largest absolute Gasteiger partial charge is 0.361 e. The van der Waals surface area contributed by atoms with Crippen LogP contribution in [0.3, 0.4) is 0 Å². The Bertz CT molecular complexity index is 835. The number of hydrogen-bond acceptors (Lipinski definition) is 2. The predicted molar refractivity (Wildman–Crippen MR) is 83.2 cm³/mol. The van der Waals surface area contributed by atoms with Crippen LogP contribution in [-0.2, 0) is 13.1 Å². The van der Waals surface area contributed by atoms with E-state index in [-0.39, 0.29) is 5.91 Å². The molecule has 2 heterocycles. The monoisotopic (exact) mass is 277 g/mol. The Hall–Kier alpha value is -2.59. The second-order valence-electron chi connectivity index (χ2n) is 5.32. The summed E-state index contributed by atoms with van der Waals surface area (Å²) in [6, 6.07) is 13.7. The molecule has 2 aromatic carbocycles. The Morgan fingerprint density at radius 3 is 2.86 bits per heavy atom. The third kappa shape index (κ3) is 2.19. The van der Waals surface area contributed by atoms with E-state index in [9.17, 15) is 4.79 Å². The molecule has 1 amide bonds. The van der Waals surface area contributed by atoms with Crippen LogP contribution in [0, 0.1) is 0 Å². The molecule has 0 fully saturated rings. The van der Waals surface area contributed by atoms with E-state index in [2.05, 4.69) is 15.6 Å². The van der Waals surface area contributed by atoms with Gasteiger partial charge in [0.1, 0.15) is 0 Å². The molecular formula is C17H15N3O. The molecule has 0 radical (unpaired) electrons. The highest BCUT2D eigenvalue weighted by Crippen LogP contribution is 2.20. The fourth-order valence-corrected chi connectivity index (χ4v) is 2.77. The van der Waals surface area contributed by atoms with E-state index in [4.69, 9.17) is 0 Å². The minimum atomic E-state index is -0.0698. The van der Waals surface area contributed by atoms with Crippen LogP contribution >= 0.6 is 0 Å². The minimum absolute atomic E-state index is 0.0698. The molecule has 1 aromatic heterocycles. The number of carbonyl (C=O) groups is 1. The molecule has 1 aliphatic rings. The summed E-state index contributed by atoms with van der Waals surface area (Å²) in [5.41, 5.74) is 5.07. The van der Waals surface area contributed by atoms with Crippen molar-refractivity contribution in [1.29, 1.82) is 0 Å². The molecule has 0 bridgehead atoms. The Kier molecular flexibility index (Phi) is 2.75. The van der Waals surface area contributed by atoms with Gasteiger partial charge in [0.25, 0.3) is 5.91 Å². The normalized spacial score (nSPS) is 13.3. The topological polar surface area (TPSA) is 56.9 Å². The lowest BCUT2D eigenvalue weighted by Crippen LogP contribution is -2.12. The lowest BCUT2D eigenvalue weighted by atomic mass is 10.1. The number of rotatable bonds is 2. The molecule has 4 nitrogen and oxygen atoms in total. The number of benzene rings is 2. The summed E-state index contributed by atoms with van der Waals surface area (Å²) in [6.07, 6.45) is 1.89. The van der Waals surface area contributed by atoms with Crippen LogP contribution in [0.2, 0.25) is 0 Å². The highest BCUT2D eigenvalue weighted by atomic mass is 16.1. The minimum Gasteiger partial charge on any atom is -0.361 e. The maximum absolute atomic E-state index is 12.3. The number of fused-ring (bicyclic) bond motifs is 2. The summed E-state index contributed by atoms with van der Waals surface area (Å²) in [4.78, 5) is 15.5. The summed E-state index contributed by atoms with van der Waals surface area (Å²) in [5, 5.41) is 7.33. The first-order valence-corrected chi connectivity index (χ1v) is 7.01. The molecule has 3 N–H and O–H groups in total. The number of amides is 1. The second kappa shape index (κ2) is 4.75.